The highest BCUT2D eigenvalue weighted by molar-refractivity contribution is 6.30. The maximum atomic E-state index is 6.06. The average molecular weight is 419 g/mol. The van der Waals surface area contributed by atoms with Crippen LogP contribution in [0.4, 0.5) is 0 Å². The molecule has 0 aromatic heterocycles. The van der Waals surface area contributed by atoms with E-state index in [-0.39, 0.29) is 0 Å². The molecule has 0 saturated carbocycles. The van der Waals surface area contributed by atoms with Gasteiger partial charge in [-0.2, -0.15) is 0 Å². The highest BCUT2D eigenvalue weighted by Crippen LogP contribution is 2.24. The second-order valence-electron chi connectivity index (χ2n) is 7.84. The van der Waals surface area contributed by atoms with Crippen LogP contribution in [-0.2, 0) is 11.2 Å². The van der Waals surface area contributed by atoms with Gasteiger partial charge < -0.3 is 21.1 Å². The Morgan fingerprint density at radius 1 is 1.21 bits per heavy atom. The zero-order valence-corrected chi connectivity index (χ0v) is 17.8. The average Bonchev–Trinajstić information content (AvgIpc) is 2.89. The Morgan fingerprint density at radius 3 is 2.55 bits per heavy atom. The molecule has 2 heterocycles. The predicted molar refractivity (Wildman–Crippen MR) is 119 cm³/mol. The van der Waals surface area contributed by atoms with Gasteiger partial charge in [-0.3, -0.25) is 4.90 Å². The molecule has 29 heavy (non-hydrogen) atoms. The lowest BCUT2D eigenvalue weighted by atomic mass is 9.97. The zero-order valence-electron chi connectivity index (χ0n) is 17.1. The second kappa shape index (κ2) is 10.1. The fourth-order valence-corrected chi connectivity index (χ4v) is 4.11. The minimum Gasteiger partial charge on any atom is -0.386 e. The molecule has 1 unspecified atom stereocenters. The van der Waals surface area contributed by atoms with Gasteiger partial charge in [0.15, 0.2) is 0 Å². The Balaban J connectivity index is 1.67. The van der Waals surface area contributed by atoms with E-state index < -0.39 is 0 Å². The number of nitrogens with zero attached hydrogens (tertiary/aromatic N) is 4. The highest BCUT2D eigenvalue weighted by atomic mass is 35.5. The SMILES string of the molecule is C=C1COCC(Cc2ccc(Cl)cc2)N(C2CCN(/C(N)=N/N=C(\C)N)CC2)C1. The highest BCUT2D eigenvalue weighted by Gasteiger charge is 2.32. The Labute approximate surface area is 178 Å². The second-order valence-corrected chi connectivity index (χ2v) is 8.28. The number of guanidine groups is 1. The van der Waals surface area contributed by atoms with Gasteiger partial charge in [0.1, 0.15) is 5.84 Å². The number of benzene rings is 1. The Kier molecular flexibility index (Phi) is 7.52. The maximum absolute atomic E-state index is 6.06. The molecule has 8 heteroatoms. The Hall–Kier alpha value is -2.09. The van der Waals surface area contributed by atoms with E-state index in [1.165, 1.54) is 5.56 Å². The van der Waals surface area contributed by atoms with Gasteiger partial charge in [0.2, 0.25) is 5.96 Å². The molecule has 0 spiro atoms. The summed E-state index contributed by atoms with van der Waals surface area (Å²) in [7, 11) is 0. The minimum atomic E-state index is 0.308. The van der Waals surface area contributed by atoms with Crippen molar-refractivity contribution in [3.63, 3.8) is 0 Å². The van der Waals surface area contributed by atoms with Gasteiger partial charge in [0, 0.05) is 36.7 Å². The van der Waals surface area contributed by atoms with Crippen molar-refractivity contribution in [1.82, 2.24) is 9.80 Å². The van der Waals surface area contributed by atoms with E-state index in [1.54, 1.807) is 6.92 Å². The first-order valence-corrected chi connectivity index (χ1v) is 10.4. The molecule has 2 aliphatic rings. The quantitative estimate of drug-likeness (QED) is 0.338. The smallest absolute Gasteiger partial charge is 0.216 e. The summed E-state index contributed by atoms with van der Waals surface area (Å²) in [5, 5.41) is 8.64. The van der Waals surface area contributed by atoms with E-state index in [2.05, 4.69) is 38.7 Å². The van der Waals surface area contributed by atoms with E-state index in [4.69, 9.17) is 27.8 Å². The molecule has 1 atom stereocenters. The molecule has 1 aromatic rings. The fraction of sp³-hybridized carbons (Fsp3) is 0.524. The Bertz CT molecular complexity index is 751. The monoisotopic (exact) mass is 418 g/mol. The van der Waals surface area contributed by atoms with Crippen molar-refractivity contribution in [1.29, 1.82) is 0 Å². The van der Waals surface area contributed by atoms with Crippen molar-refractivity contribution in [3.8, 4) is 0 Å². The van der Waals surface area contributed by atoms with Gasteiger partial charge in [-0.15, -0.1) is 10.2 Å². The zero-order chi connectivity index (χ0) is 20.8. The van der Waals surface area contributed by atoms with Gasteiger partial charge in [-0.05, 0) is 49.5 Å². The summed E-state index contributed by atoms with van der Waals surface area (Å²) < 4.78 is 5.91. The van der Waals surface area contributed by atoms with Crippen LogP contribution in [0, 0.1) is 0 Å². The van der Waals surface area contributed by atoms with E-state index in [9.17, 15) is 0 Å². The van der Waals surface area contributed by atoms with Crippen LogP contribution in [0.2, 0.25) is 5.02 Å². The number of amidine groups is 1. The van der Waals surface area contributed by atoms with Crippen molar-refractivity contribution in [2.45, 2.75) is 38.3 Å². The molecule has 4 N–H and O–H groups in total. The van der Waals surface area contributed by atoms with E-state index >= 15 is 0 Å². The molecule has 2 fully saturated rings. The van der Waals surface area contributed by atoms with Crippen LogP contribution in [-0.4, -0.2) is 66.5 Å². The molecule has 3 rings (SSSR count). The third-order valence-electron chi connectivity index (χ3n) is 5.44. The third kappa shape index (κ3) is 6.19. The molecule has 7 nitrogen and oxygen atoms in total. The van der Waals surface area contributed by atoms with Crippen LogP contribution >= 0.6 is 11.6 Å². The third-order valence-corrected chi connectivity index (χ3v) is 5.70. The number of piperidine rings is 1. The molecule has 2 saturated heterocycles. The summed E-state index contributed by atoms with van der Waals surface area (Å²) >= 11 is 6.04. The number of ether oxygens (including phenoxy) is 1. The van der Waals surface area contributed by atoms with Crippen LogP contribution in [0.5, 0.6) is 0 Å². The van der Waals surface area contributed by atoms with E-state index in [0.717, 1.165) is 49.5 Å². The number of likely N-dealkylation sites (tertiary alicyclic amines) is 1. The van der Waals surface area contributed by atoms with Crippen molar-refractivity contribution in [2.24, 2.45) is 21.7 Å². The summed E-state index contributed by atoms with van der Waals surface area (Å²) in [6, 6.07) is 8.85. The van der Waals surface area contributed by atoms with Gasteiger partial charge >= 0.3 is 0 Å². The van der Waals surface area contributed by atoms with Crippen molar-refractivity contribution in [3.05, 3.63) is 47.0 Å². The van der Waals surface area contributed by atoms with Gasteiger partial charge in [0.05, 0.1) is 13.2 Å². The maximum Gasteiger partial charge on any atom is 0.216 e. The molecule has 0 radical (unpaired) electrons. The van der Waals surface area contributed by atoms with E-state index in [1.807, 2.05) is 12.1 Å². The lowest BCUT2D eigenvalue weighted by Crippen LogP contribution is -2.52. The first-order chi connectivity index (χ1) is 13.9. The van der Waals surface area contributed by atoms with Gasteiger partial charge in [0.25, 0.3) is 0 Å². The van der Waals surface area contributed by atoms with Crippen LogP contribution < -0.4 is 11.5 Å². The van der Waals surface area contributed by atoms with Gasteiger partial charge in [-0.25, -0.2) is 0 Å². The molecule has 0 amide bonds. The predicted octanol–water partition coefficient (Wildman–Crippen LogP) is 2.21. The largest absolute Gasteiger partial charge is 0.386 e. The first kappa shape index (κ1) is 21.6. The molecule has 0 bridgehead atoms. The summed E-state index contributed by atoms with van der Waals surface area (Å²) in [4.78, 5) is 4.64. The molecular weight excluding hydrogens is 388 g/mol. The van der Waals surface area contributed by atoms with Crippen LogP contribution in [0.1, 0.15) is 25.3 Å². The van der Waals surface area contributed by atoms with Crippen molar-refractivity contribution >= 4 is 23.4 Å². The summed E-state index contributed by atoms with van der Waals surface area (Å²) in [5.74, 6) is 0.825. The molecular formula is C21H31ClN6O. The van der Waals surface area contributed by atoms with Crippen molar-refractivity contribution in [2.75, 3.05) is 32.8 Å². The topological polar surface area (TPSA) is 92.5 Å². The van der Waals surface area contributed by atoms with Crippen LogP contribution in [0.3, 0.4) is 0 Å². The fourth-order valence-electron chi connectivity index (χ4n) is 3.98. The number of hydrogen-bond acceptors (Lipinski definition) is 4. The molecule has 1 aromatic carbocycles. The standard InChI is InChI=1S/C21H31ClN6O/c1-15-12-28(19-7-9-27(10-8-19)21(24)26-25-16(2)23)20(14-29-13-15)11-17-3-5-18(22)6-4-17/h3-6,19-20H,1,7-14H2,2H3,(H2,23,25)(H2,24,26). The number of hydrogen-bond donors (Lipinski definition) is 2. The van der Waals surface area contributed by atoms with Crippen molar-refractivity contribution < 1.29 is 4.74 Å². The normalized spacial score (nSPS) is 23.3. The van der Waals surface area contributed by atoms with Gasteiger partial charge in [-0.1, -0.05) is 30.3 Å². The number of nitrogens with two attached hydrogens (primary N) is 2. The summed E-state index contributed by atoms with van der Waals surface area (Å²) in [6.07, 6.45) is 2.94. The first-order valence-electron chi connectivity index (χ1n) is 10.0. The van der Waals surface area contributed by atoms with Crippen LogP contribution in [0.15, 0.2) is 46.6 Å². The number of rotatable bonds is 4. The summed E-state index contributed by atoms with van der Waals surface area (Å²) in [6.45, 7) is 9.77. The lowest BCUT2D eigenvalue weighted by molar-refractivity contribution is 0.0604. The van der Waals surface area contributed by atoms with E-state index in [0.29, 0.717) is 37.1 Å². The Morgan fingerprint density at radius 2 is 1.90 bits per heavy atom. The number of halogens is 1. The summed E-state index contributed by atoms with van der Waals surface area (Å²) in [5.41, 5.74) is 14.0. The minimum absolute atomic E-state index is 0.308. The molecule has 2 aliphatic heterocycles. The lowest BCUT2D eigenvalue weighted by Gasteiger charge is -2.41. The molecule has 0 aliphatic carbocycles. The molecule has 158 valence electrons. The van der Waals surface area contributed by atoms with Crippen LogP contribution in [0.25, 0.3) is 0 Å².